The monoisotopic (exact) mass is 551 g/mol. The Morgan fingerprint density at radius 1 is 0.923 bits per heavy atom. The molecular weight excluding hydrogens is 514 g/mol. The fourth-order valence-electron chi connectivity index (χ4n) is 4.07. The van der Waals surface area contributed by atoms with Crippen LogP contribution in [0, 0.1) is 6.92 Å². The Bertz CT molecular complexity index is 1340. The Balaban J connectivity index is 2.01. The topological polar surface area (TPSA) is 96.0 Å². The van der Waals surface area contributed by atoms with Crippen molar-refractivity contribution in [2.75, 3.05) is 24.0 Å². The summed E-state index contributed by atoms with van der Waals surface area (Å²) in [6, 6.07) is 21.3. The van der Waals surface area contributed by atoms with Crippen LogP contribution >= 0.6 is 0 Å². The van der Waals surface area contributed by atoms with E-state index in [0.717, 1.165) is 21.9 Å². The lowest BCUT2D eigenvalue weighted by Gasteiger charge is -2.32. The molecule has 39 heavy (non-hydrogen) atoms. The van der Waals surface area contributed by atoms with Crippen LogP contribution in [0.2, 0.25) is 0 Å². The molecule has 0 saturated carbocycles. The van der Waals surface area contributed by atoms with Crippen molar-refractivity contribution in [1.29, 1.82) is 0 Å². The van der Waals surface area contributed by atoms with Gasteiger partial charge in [0.15, 0.2) is 0 Å². The summed E-state index contributed by atoms with van der Waals surface area (Å²) in [5.74, 6) is -0.199. The van der Waals surface area contributed by atoms with Gasteiger partial charge in [0.2, 0.25) is 11.8 Å². The van der Waals surface area contributed by atoms with Gasteiger partial charge >= 0.3 is 0 Å². The minimum absolute atomic E-state index is 0.0610. The van der Waals surface area contributed by atoms with E-state index < -0.39 is 28.5 Å². The van der Waals surface area contributed by atoms with E-state index >= 15 is 0 Å². The molecule has 9 heteroatoms. The van der Waals surface area contributed by atoms with Gasteiger partial charge in [-0.25, -0.2) is 8.42 Å². The Morgan fingerprint density at radius 3 is 2.18 bits per heavy atom. The smallest absolute Gasteiger partial charge is 0.264 e. The van der Waals surface area contributed by atoms with E-state index in [1.54, 1.807) is 49.4 Å². The molecule has 0 fully saturated rings. The van der Waals surface area contributed by atoms with Crippen molar-refractivity contribution in [3.8, 4) is 5.75 Å². The van der Waals surface area contributed by atoms with Gasteiger partial charge in [0.1, 0.15) is 18.3 Å². The van der Waals surface area contributed by atoms with Gasteiger partial charge in [-0.05, 0) is 74.7 Å². The van der Waals surface area contributed by atoms with Gasteiger partial charge in [-0.3, -0.25) is 13.9 Å². The number of nitrogens with zero attached hydrogens (tertiary/aromatic N) is 2. The molecule has 0 bridgehead atoms. The maximum absolute atomic E-state index is 13.9. The van der Waals surface area contributed by atoms with Gasteiger partial charge < -0.3 is 15.0 Å². The Labute approximate surface area is 231 Å². The molecule has 0 heterocycles. The molecule has 0 radical (unpaired) electrons. The Hall–Kier alpha value is -3.85. The zero-order chi connectivity index (χ0) is 28.4. The molecule has 0 spiro atoms. The van der Waals surface area contributed by atoms with Crippen LogP contribution in [0.15, 0.2) is 83.8 Å². The zero-order valence-electron chi connectivity index (χ0n) is 23.0. The van der Waals surface area contributed by atoms with Crippen LogP contribution in [0.4, 0.5) is 5.69 Å². The number of rotatable bonds is 13. The summed E-state index contributed by atoms with van der Waals surface area (Å²) in [6.07, 6.45) is 0.755. The fraction of sp³-hybridized carbons (Fsp3) is 0.333. The van der Waals surface area contributed by atoms with E-state index in [1.165, 1.54) is 17.0 Å². The summed E-state index contributed by atoms with van der Waals surface area (Å²) >= 11 is 0. The third-order valence-electron chi connectivity index (χ3n) is 6.36. The molecule has 1 unspecified atom stereocenters. The van der Waals surface area contributed by atoms with Crippen molar-refractivity contribution in [2.45, 2.75) is 51.6 Å². The Kier molecular flexibility index (Phi) is 10.5. The molecular formula is C30H37N3O5S. The average molecular weight is 552 g/mol. The standard InChI is InChI=1S/C30H37N3O5S/c1-5-20-31-30(35)24(4)32(21-25-13-11-10-12-23(25)3)29(34)22-33(26-16-18-27(19-17-26)38-6-2)39(36,37)28-14-8-7-9-15-28/h7-19,24H,5-6,20-22H2,1-4H3,(H,31,35). The minimum Gasteiger partial charge on any atom is -0.494 e. The van der Waals surface area contributed by atoms with Gasteiger partial charge in [-0.2, -0.15) is 0 Å². The minimum atomic E-state index is -4.10. The first-order valence-electron chi connectivity index (χ1n) is 13.1. The molecule has 1 atom stereocenters. The largest absolute Gasteiger partial charge is 0.494 e. The first-order valence-corrected chi connectivity index (χ1v) is 14.5. The summed E-state index contributed by atoms with van der Waals surface area (Å²) in [6.45, 7) is 8.03. The number of amides is 2. The molecule has 3 rings (SSSR count). The van der Waals surface area contributed by atoms with Crippen LogP contribution < -0.4 is 14.4 Å². The zero-order valence-corrected chi connectivity index (χ0v) is 23.8. The van der Waals surface area contributed by atoms with Crippen LogP contribution in [0.3, 0.4) is 0 Å². The van der Waals surface area contributed by atoms with Crippen LogP contribution in [0.5, 0.6) is 5.75 Å². The number of hydrogen-bond acceptors (Lipinski definition) is 5. The number of anilines is 1. The highest BCUT2D eigenvalue weighted by atomic mass is 32.2. The molecule has 0 aliphatic carbocycles. The molecule has 8 nitrogen and oxygen atoms in total. The molecule has 0 aliphatic heterocycles. The first-order chi connectivity index (χ1) is 18.7. The summed E-state index contributed by atoms with van der Waals surface area (Å²) < 4.78 is 34.2. The predicted octanol–water partition coefficient (Wildman–Crippen LogP) is 4.53. The lowest BCUT2D eigenvalue weighted by atomic mass is 10.1. The van der Waals surface area contributed by atoms with Crippen molar-refractivity contribution in [3.63, 3.8) is 0 Å². The second kappa shape index (κ2) is 13.8. The van der Waals surface area contributed by atoms with E-state index in [0.29, 0.717) is 24.6 Å². The number of carbonyl (C=O) groups is 2. The number of aryl methyl sites for hydroxylation is 1. The van der Waals surface area contributed by atoms with Crippen molar-refractivity contribution >= 4 is 27.5 Å². The molecule has 1 N–H and O–H groups in total. The summed E-state index contributed by atoms with van der Waals surface area (Å²) in [7, 11) is -4.10. The maximum atomic E-state index is 13.9. The highest BCUT2D eigenvalue weighted by Crippen LogP contribution is 2.26. The third kappa shape index (κ3) is 7.60. The van der Waals surface area contributed by atoms with Crippen LogP contribution in [0.1, 0.15) is 38.3 Å². The number of ether oxygens (including phenoxy) is 1. The molecule has 0 aliphatic rings. The Morgan fingerprint density at radius 2 is 1.56 bits per heavy atom. The fourth-order valence-corrected chi connectivity index (χ4v) is 5.51. The van der Waals surface area contributed by atoms with Crippen molar-refractivity contribution in [2.24, 2.45) is 0 Å². The molecule has 3 aromatic rings. The lowest BCUT2D eigenvalue weighted by molar-refractivity contribution is -0.139. The van der Waals surface area contributed by atoms with Gasteiger partial charge in [0, 0.05) is 13.1 Å². The van der Waals surface area contributed by atoms with E-state index in [-0.39, 0.29) is 17.3 Å². The molecule has 0 aromatic heterocycles. The molecule has 2 amide bonds. The maximum Gasteiger partial charge on any atom is 0.264 e. The molecule has 0 saturated heterocycles. The van der Waals surface area contributed by atoms with E-state index in [9.17, 15) is 18.0 Å². The number of nitrogens with one attached hydrogen (secondary N) is 1. The van der Waals surface area contributed by atoms with Crippen molar-refractivity contribution < 1.29 is 22.7 Å². The second-order valence-corrected chi connectivity index (χ2v) is 11.0. The number of benzene rings is 3. The van der Waals surface area contributed by atoms with Gasteiger partial charge in [-0.15, -0.1) is 0 Å². The van der Waals surface area contributed by atoms with Crippen LogP contribution in [-0.4, -0.2) is 50.9 Å². The number of hydrogen-bond donors (Lipinski definition) is 1. The van der Waals surface area contributed by atoms with Crippen LogP contribution in [-0.2, 0) is 26.2 Å². The lowest BCUT2D eigenvalue weighted by Crippen LogP contribution is -2.51. The van der Waals surface area contributed by atoms with Gasteiger partial charge in [0.05, 0.1) is 17.2 Å². The summed E-state index contributed by atoms with van der Waals surface area (Å²) in [4.78, 5) is 28.4. The van der Waals surface area contributed by atoms with Crippen molar-refractivity contribution in [3.05, 3.63) is 90.0 Å². The normalized spacial score (nSPS) is 11.9. The van der Waals surface area contributed by atoms with Crippen LogP contribution in [0.25, 0.3) is 0 Å². The van der Waals surface area contributed by atoms with Gasteiger partial charge in [0.25, 0.3) is 10.0 Å². The predicted molar refractivity (Wildman–Crippen MR) is 153 cm³/mol. The van der Waals surface area contributed by atoms with E-state index in [2.05, 4.69) is 5.32 Å². The summed E-state index contributed by atoms with van der Waals surface area (Å²) in [5, 5.41) is 2.85. The average Bonchev–Trinajstić information content (AvgIpc) is 2.94. The summed E-state index contributed by atoms with van der Waals surface area (Å²) in [5.41, 5.74) is 2.16. The quantitative estimate of drug-likeness (QED) is 0.337. The number of sulfonamides is 1. The molecule has 3 aromatic carbocycles. The second-order valence-electron chi connectivity index (χ2n) is 9.17. The highest BCUT2D eigenvalue weighted by Gasteiger charge is 2.32. The third-order valence-corrected chi connectivity index (χ3v) is 8.15. The van der Waals surface area contributed by atoms with E-state index in [1.807, 2.05) is 45.0 Å². The first kappa shape index (κ1) is 29.7. The van der Waals surface area contributed by atoms with Crippen molar-refractivity contribution in [1.82, 2.24) is 10.2 Å². The molecule has 208 valence electrons. The highest BCUT2D eigenvalue weighted by molar-refractivity contribution is 7.92. The SMILES string of the molecule is CCCNC(=O)C(C)N(Cc1ccccc1C)C(=O)CN(c1ccc(OCC)cc1)S(=O)(=O)c1ccccc1. The number of carbonyl (C=O) groups excluding carboxylic acids is 2. The van der Waals surface area contributed by atoms with Gasteiger partial charge in [-0.1, -0.05) is 49.4 Å². The van der Waals surface area contributed by atoms with E-state index in [4.69, 9.17) is 4.74 Å².